The minimum Gasteiger partial charge on any atom is -0.457 e. The molecule has 6 heteroatoms. The molecule has 1 amide bonds. The number of ether oxygens (including phenoxy) is 1. The Morgan fingerprint density at radius 3 is 2.38 bits per heavy atom. The van der Waals surface area contributed by atoms with Crippen molar-refractivity contribution >= 4 is 5.91 Å². The number of amides is 1. The highest BCUT2D eigenvalue weighted by atomic mass is 19.1. The van der Waals surface area contributed by atoms with Crippen LogP contribution in [-0.4, -0.2) is 29.7 Å². The molecule has 2 aromatic rings. The average Bonchev–Trinajstić information content (AvgIpc) is 3.03. The van der Waals surface area contributed by atoms with Gasteiger partial charge >= 0.3 is 0 Å². The summed E-state index contributed by atoms with van der Waals surface area (Å²) in [7, 11) is 0. The lowest BCUT2D eigenvalue weighted by atomic mass is 10.1. The number of nitrogens with one attached hydrogen (secondary N) is 2. The Morgan fingerprint density at radius 2 is 1.79 bits per heavy atom. The number of hydrogen-bond acceptors (Lipinski definition) is 4. The van der Waals surface area contributed by atoms with Crippen molar-refractivity contribution in [2.24, 2.45) is 0 Å². The molecular weight excluding hydrogens is 311 g/mol. The summed E-state index contributed by atoms with van der Waals surface area (Å²) in [5, 5.41) is 15.2. The molecule has 1 fully saturated rings. The Labute approximate surface area is 139 Å². The van der Waals surface area contributed by atoms with Crippen LogP contribution >= 0.6 is 0 Å². The van der Waals surface area contributed by atoms with Crippen LogP contribution in [0.15, 0.2) is 48.5 Å². The van der Waals surface area contributed by atoms with E-state index in [9.17, 15) is 14.3 Å². The molecule has 3 N–H and O–H groups in total. The average molecular weight is 330 g/mol. The molecule has 1 saturated heterocycles. The van der Waals surface area contributed by atoms with E-state index in [1.54, 1.807) is 24.3 Å². The molecule has 1 aliphatic rings. The van der Waals surface area contributed by atoms with Crippen molar-refractivity contribution in [2.75, 3.05) is 6.54 Å². The van der Waals surface area contributed by atoms with Gasteiger partial charge in [-0.1, -0.05) is 12.1 Å². The topological polar surface area (TPSA) is 70.6 Å². The molecule has 126 valence electrons. The van der Waals surface area contributed by atoms with Gasteiger partial charge in [0.15, 0.2) is 0 Å². The molecule has 5 nitrogen and oxygen atoms in total. The second kappa shape index (κ2) is 7.42. The van der Waals surface area contributed by atoms with Crippen LogP contribution in [0.2, 0.25) is 0 Å². The third kappa shape index (κ3) is 4.31. The highest BCUT2D eigenvalue weighted by Gasteiger charge is 2.27. The summed E-state index contributed by atoms with van der Waals surface area (Å²) < 4.78 is 18.5. The van der Waals surface area contributed by atoms with Crippen molar-refractivity contribution in [1.29, 1.82) is 0 Å². The monoisotopic (exact) mass is 330 g/mol. The number of aliphatic hydroxyl groups is 1. The summed E-state index contributed by atoms with van der Waals surface area (Å²) in [6, 6.07) is 12.8. The minimum atomic E-state index is -0.455. The van der Waals surface area contributed by atoms with E-state index in [1.165, 1.54) is 12.1 Å². The molecular formula is C18H19FN2O3. The van der Waals surface area contributed by atoms with Gasteiger partial charge in [0.2, 0.25) is 5.91 Å². The smallest absolute Gasteiger partial charge is 0.237 e. The van der Waals surface area contributed by atoms with Gasteiger partial charge < -0.3 is 20.5 Å². The van der Waals surface area contributed by atoms with Gasteiger partial charge in [-0.2, -0.15) is 0 Å². The molecule has 24 heavy (non-hydrogen) atoms. The lowest BCUT2D eigenvalue weighted by Gasteiger charge is -2.11. The molecule has 1 aliphatic heterocycles. The van der Waals surface area contributed by atoms with E-state index in [2.05, 4.69) is 10.6 Å². The first-order valence-electron chi connectivity index (χ1n) is 7.82. The van der Waals surface area contributed by atoms with E-state index in [1.807, 2.05) is 12.1 Å². The van der Waals surface area contributed by atoms with E-state index < -0.39 is 6.10 Å². The predicted molar refractivity (Wildman–Crippen MR) is 87.2 cm³/mol. The molecule has 0 bridgehead atoms. The molecule has 3 rings (SSSR count). The lowest BCUT2D eigenvalue weighted by Crippen LogP contribution is -2.39. The van der Waals surface area contributed by atoms with Crippen molar-refractivity contribution in [1.82, 2.24) is 10.6 Å². The zero-order chi connectivity index (χ0) is 16.9. The summed E-state index contributed by atoms with van der Waals surface area (Å²) in [5.74, 6) is 0.775. The molecule has 0 saturated carbocycles. The first-order valence-corrected chi connectivity index (χ1v) is 7.82. The maximum absolute atomic E-state index is 12.9. The molecule has 1 heterocycles. The lowest BCUT2D eigenvalue weighted by molar-refractivity contribution is -0.123. The van der Waals surface area contributed by atoms with Crippen LogP contribution < -0.4 is 15.4 Å². The van der Waals surface area contributed by atoms with Gasteiger partial charge in [0.1, 0.15) is 17.3 Å². The maximum Gasteiger partial charge on any atom is 0.237 e. The summed E-state index contributed by atoms with van der Waals surface area (Å²) in [5.41, 5.74) is 0.938. The van der Waals surface area contributed by atoms with Crippen LogP contribution in [0.5, 0.6) is 11.5 Å². The van der Waals surface area contributed by atoms with Crippen molar-refractivity contribution in [3.8, 4) is 11.5 Å². The van der Waals surface area contributed by atoms with Gasteiger partial charge in [0, 0.05) is 13.1 Å². The molecule has 2 atom stereocenters. The SMILES string of the molecule is O=C(NCc1ccc(Oc2ccc(F)cc2)cc1)[C@@H]1C[C@@H](O)CN1. The van der Waals surface area contributed by atoms with Gasteiger partial charge in [-0.15, -0.1) is 0 Å². The van der Waals surface area contributed by atoms with Gasteiger partial charge in [-0.3, -0.25) is 4.79 Å². The Balaban J connectivity index is 1.51. The van der Waals surface area contributed by atoms with Crippen LogP contribution in [0, 0.1) is 5.82 Å². The number of benzene rings is 2. The zero-order valence-corrected chi connectivity index (χ0v) is 13.0. The standard InChI is InChI=1S/C18H19FN2O3/c19-13-3-7-16(8-4-13)24-15-5-1-12(2-6-15)10-21-18(23)17-9-14(22)11-20-17/h1-8,14,17,20,22H,9-11H2,(H,21,23)/t14-,17+/m1/s1. The van der Waals surface area contributed by atoms with Crippen molar-refractivity contribution < 1.29 is 19.0 Å². The number of halogens is 1. The largest absolute Gasteiger partial charge is 0.457 e. The number of carbonyl (C=O) groups excluding carboxylic acids is 1. The predicted octanol–water partition coefficient (Wildman–Crippen LogP) is 1.96. The Bertz CT molecular complexity index is 688. The minimum absolute atomic E-state index is 0.113. The highest BCUT2D eigenvalue weighted by molar-refractivity contribution is 5.82. The van der Waals surface area contributed by atoms with E-state index in [0.717, 1.165) is 5.56 Å². The number of β-amino-alcohol motifs (C(OH)–C–C–N with tert-alkyl or cyclic N) is 1. The summed E-state index contributed by atoms with van der Waals surface area (Å²) in [4.78, 5) is 12.0. The van der Waals surface area contributed by atoms with Gasteiger partial charge in [0.05, 0.1) is 12.1 Å². The van der Waals surface area contributed by atoms with Gasteiger partial charge in [0.25, 0.3) is 0 Å². The Hall–Kier alpha value is -2.44. The van der Waals surface area contributed by atoms with Crippen LogP contribution in [0.25, 0.3) is 0 Å². The third-order valence-electron chi connectivity index (χ3n) is 3.86. The first-order chi connectivity index (χ1) is 11.6. The second-order valence-electron chi connectivity index (χ2n) is 5.77. The summed E-state index contributed by atoms with van der Waals surface area (Å²) in [6.45, 7) is 0.859. The molecule has 0 aliphatic carbocycles. The van der Waals surface area contributed by atoms with E-state index in [4.69, 9.17) is 4.74 Å². The summed E-state index contributed by atoms with van der Waals surface area (Å²) >= 11 is 0. The molecule has 0 aromatic heterocycles. The maximum atomic E-state index is 12.9. The Morgan fingerprint density at radius 1 is 1.17 bits per heavy atom. The molecule has 0 radical (unpaired) electrons. The number of rotatable bonds is 5. The summed E-state index contributed by atoms with van der Waals surface area (Å²) in [6.07, 6.45) is -0.0142. The molecule has 2 aromatic carbocycles. The fourth-order valence-electron chi connectivity index (χ4n) is 2.54. The number of aliphatic hydroxyl groups excluding tert-OH is 1. The second-order valence-corrected chi connectivity index (χ2v) is 5.77. The number of carbonyl (C=O) groups is 1. The van der Waals surface area contributed by atoms with E-state index in [-0.39, 0.29) is 17.8 Å². The highest BCUT2D eigenvalue weighted by Crippen LogP contribution is 2.21. The zero-order valence-electron chi connectivity index (χ0n) is 13.0. The van der Waals surface area contributed by atoms with Crippen LogP contribution in [0.3, 0.4) is 0 Å². The fraction of sp³-hybridized carbons (Fsp3) is 0.278. The van der Waals surface area contributed by atoms with Crippen molar-refractivity contribution in [2.45, 2.75) is 25.1 Å². The van der Waals surface area contributed by atoms with Crippen LogP contribution in [-0.2, 0) is 11.3 Å². The van der Waals surface area contributed by atoms with Crippen molar-refractivity contribution in [3.63, 3.8) is 0 Å². The van der Waals surface area contributed by atoms with Crippen LogP contribution in [0.1, 0.15) is 12.0 Å². The van der Waals surface area contributed by atoms with Gasteiger partial charge in [-0.25, -0.2) is 4.39 Å². The van der Waals surface area contributed by atoms with Crippen LogP contribution in [0.4, 0.5) is 4.39 Å². The molecule has 0 spiro atoms. The Kier molecular flexibility index (Phi) is 5.08. The quantitative estimate of drug-likeness (QED) is 0.784. The normalized spacial score (nSPS) is 19.9. The first kappa shape index (κ1) is 16.4. The van der Waals surface area contributed by atoms with E-state index >= 15 is 0 Å². The fourth-order valence-corrected chi connectivity index (χ4v) is 2.54. The van der Waals surface area contributed by atoms with E-state index in [0.29, 0.717) is 31.0 Å². The third-order valence-corrected chi connectivity index (χ3v) is 3.86. The number of hydrogen-bond donors (Lipinski definition) is 3. The van der Waals surface area contributed by atoms with Gasteiger partial charge in [-0.05, 0) is 48.4 Å². The van der Waals surface area contributed by atoms with Crippen molar-refractivity contribution in [3.05, 3.63) is 59.9 Å². The molecule has 0 unspecified atom stereocenters.